The highest BCUT2D eigenvalue weighted by Crippen LogP contribution is 2.33. The fourth-order valence-corrected chi connectivity index (χ4v) is 4.09. The van der Waals surface area contributed by atoms with Gasteiger partial charge in [-0.1, -0.05) is 30.3 Å². The van der Waals surface area contributed by atoms with Crippen LogP contribution in [0.25, 0.3) is 28.3 Å². The Labute approximate surface area is 195 Å². The largest absolute Gasteiger partial charge is 0.489 e. The van der Waals surface area contributed by atoms with Crippen molar-refractivity contribution in [3.63, 3.8) is 0 Å². The van der Waals surface area contributed by atoms with E-state index in [0.29, 0.717) is 28.5 Å². The van der Waals surface area contributed by atoms with Gasteiger partial charge in [0.1, 0.15) is 23.8 Å². The fraction of sp³-hybridized carbons (Fsp3) is 0.0800. The first kappa shape index (κ1) is 21.7. The van der Waals surface area contributed by atoms with Crippen LogP contribution in [0.5, 0.6) is 5.75 Å². The number of hydrogen-bond donors (Lipinski definition) is 0. The summed E-state index contributed by atoms with van der Waals surface area (Å²) in [6, 6.07) is 20.8. The Hall–Kier alpha value is -4.11. The van der Waals surface area contributed by atoms with E-state index in [1.165, 1.54) is 18.3 Å². The molecule has 3 heterocycles. The van der Waals surface area contributed by atoms with Crippen LogP contribution in [-0.2, 0) is 16.4 Å². The molecule has 7 nitrogen and oxygen atoms in total. The van der Waals surface area contributed by atoms with Gasteiger partial charge in [-0.3, -0.25) is 4.40 Å². The molecule has 0 atom stereocenters. The maximum absolute atomic E-state index is 13.2. The summed E-state index contributed by atoms with van der Waals surface area (Å²) in [4.78, 5) is 13.0. The molecule has 0 aliphatic rings. The van der Waals surface area contributed by atoms with Crippen LogP contribution in [0.2, 0.25) is 0 Å². The number of rotatable bonds is 6. The maximum atomic E-state index is 13.2. The van der Waals surface area contributed by atoms with E-state index in [1.807, 2.05) is 53.1 Å². The summed E-state index contributed by atoms with van der Waals surface area (Å²) in [7, 11) is -3.59. The van der Waals surface area contributed by atoms with Crippen molar-refractivity contribution in [1.82, 2.24) is 19.4 Å². The maximum Gasteiger partial charge on any atom is 0.247 e. The van der Waals surface area contributed by atoms with E-state index in [2.05, 4.69) is 9.97 Å². The van der Waals surface area contributed by atoms with Crippen molar-refractivity contribution in [2.24, 2.45) is 0 Å². The van der Waals surface area contributed by atoms with E-state index in [-0.39, 0.29) is 17.6 Å². The number of pyridine rings is 1. The van der Waals surface area contributed by atoms with Gasteiger partial charge in [-0.15, -0.1) is 0 Å². The molecule has 0 radical (unpaired) electrons. The number of fused-ring (bicyclic) bond motifs is 1. The molecule has 0 N–H and O–H groups in total. The molecule has 0 unspecified atom stereocenters. The van der Waals surface area contributed by atoms with Gasteiger partial charge in [0.15, 0.2) is 0 Å². The second-order valence-electron chi connectivity index (χ2n) is 7.68. The molecule has 2 aromatic carbocycles. The van der Waals surface area contributed by atoms with Gasteiger partial charge in [0.05, 0.1) is 17.1 Å². The predicted molar refractivity (Wildman–Crippen MR) is 125 cm³/mol. The zero-order chi connectivity index (χ0) is 23.7. The molecule has 5 rings (SSSR count). The Morgan fingerprint density at radius 3 is 2.59 bits per heavy atom. The van der Waals surface area contributed by atoms with Gasteiger partial charge >= 0.3 is 0 Å². The second kappa shape index (κ2) is 8.68. The first-order valence-electron chi connectivity index (χ1n) is 10.4. The molecular weight excluding hydrogens is 455 g/mol. The molecule has 0 bridgehead atoms. The van der Waals surface area contributed by atoms with Crippen molar-refractivity contribution in [2.45, 2.75) is 11.8 Å². The number of imidazole rings is 1. The van der Waals surface area contributed by atoms with Crippen LogP contribution in [0.15, 0.2) is 90.3 Å². The van der Waals surface area contributed by atoms with Gasteiger partial charge in [-0.25, -0.2) is 27.8 Å². The number of halogens is 1. The third-order valence-corrected chi connectivity index (χ3v) is 6.02. The Morgan fingerprint density at radius 1 is 0.971 bits per heavy atom. The minimum Gasteiger partial charge on any atom is -0.489 e. The van der Waals surface area contributed by atoms with Gasteiger partial charge in [-0.05, 0) is 48.0 Å². The number of aromatic nitrogens is 4. The van der Waals surface area contributed by atoms with Gasteiger partial charge in [-0.2, -0.15) is 0 Å². The molecule has 0 amide bonds. The summed E-state index contributed by atoms with van der Waals surface area (Å²) >= 11 is 0. The molecule has 5 aromatic rings. The highest BCUT2D eigenvalue weighted by atomic mass is 32.2. The third-order valence-electron chi connectivity index (χ3n) is 5.16. The number of benzene rings is 2. The molecule has 0 saturated carbocycles. The summed E-state index contributed by atoms with van der Waals surface area (Å²) in [5, 5.41) is -0.252. The van der Waals surface area contributed by atoms with Crippen LogP contribution in [-0.4, -0.2) is 34.0 Å². The molecule has 170 valence electrons. The highest BCUT2D eigenvalue weighted by Gasteiger charge is 2.20. The zero-order valence-electron chi connectivity index (χ0n) is 18.1. The van der Waals surface area contributed by atoms with Gasteiger partial charge < -0.3 is 4.74 Å². The minimum absolute atomic E-state index is 0.252. The van der Waals surface area contributed by atoms with E-state index in [9.17, 15) is 12.8 Å². The molecule has 9 heteroatoms. The van der Waals surface area contributed by atoms with Crippen LogP contribution in [0.1, 0.15) is 5.56 Å². The lowest BCUT2D eigenvalue weighted by Gasteiger charge is -2.09. The summed E-state index contributed by atoms with van der Waals surface area (Å²) in [5.74, 6) is 0.318. The van der Waals surface area contributed by atoms with Crippen LogP contribution < -0.4 is 4.74 Å². The molecule has 34 heavy (non-hydrogen) atoms. The SMILES string of the molecule is CS(=O)(=O)c1nccc(-c2c(-c3cccc(OCc4ccc(F)cc4)c3)nc3ccccn23)n1. The van der Waals surface area contributed by atoms with Crippen LogP contribution in [0, 0.1) is 5.82 Å². The van der Waals surface area contributed by atoms with Crippen LogP contribution in [0.3, 0.4) is 0 Å². The lowest BCUT2D eigenvalue weighted by molar-refractivity contribution is 0.306. The van der Waals surface area contributed by atoms with E-state index in [0.717, 1.165) is 17.4 Å². The lowest BCUT2D eigenvalue weighted by Crippen LogP contribution is -2.05. The molecule has 0 aliphatic carbocycles. The number of ether oxygens (including phenoxy) is 1. The van der Waals surface area contributed by atoms with Crippen molar-refractivity contribution in [1.29, 1.82) is 0 Å². The van der Waals surface area contributed by atoms with Crippen molar-refractivity contribution >= 4 is 15.5 Å². The first-order chi connectivity index (χ1) is 16.4. The second-order valence-corrected chi connectivity index (χ2v) is 9.59. The Balaban J connectivity index is 1.57. The first-order valence-corrected chi connectivity index (χ1v) is 12.3. The fourth-order valence-electron chi connectivity index (χ4n) is 3.57. The zero-order valence-corrected chi connectivity index (χ0v) is 18.9. The van der Waals surface area contributed by atoms with E-state index < -0.39 is 9.84 Å². The van der Waals surface area contributed by atoms with Crippen LogP contribution >= 0.6 is 0 Å². The quantitative estimate of drug-likeness (QED) is 0.335. The Morgan fingerprint density at radius 2 is 1.79 bits per heavy atom. The Kier molecular flexibility index (Phi) is 5.54. The molecule has 0 aliphatic heterocycles. The number of sulfone groups is 1. The van der Waals surface area contributed by atoms with E-state index in [1.54, 1.807) is 18.2 Å². The molecule has 3 aromatic heterocycles. The monoisotopic (exact) mass is 474 g/mol. The average Bonchev–Trinajstić information content (AvgIpc) is 3.23. The highest BCUT2D eigenvalue weighted by molar-refractivity contribution is 7.90. The van der Waals surface area contributed by atoms with E-state index in [4.69, 9.17) is 9.72 Å². The minimum atomic E-state index is -3.59. The topological polar surface area (TPSA) is 86.5 Å². The summed E-state index contributed by atoms with van der Waals surface area (Å²) in [5.41, 5.74) is 3.99. The molecule has 0 spiro atoms. The number of hydrogen-bond acceptors (Lipinski definition) is 6. The lowest BCUT2D eigenvalue weighted by atomic mass is 10.1. The van der Waals surface area contributed by atoms with Gasteiger partial charge in [0.2, 0.25) is 15.0 Å². The predicted octanol–water partition coefficient (Wildman–Crippen LogP) is 4.58. The molecule has 0 saturated heterocycles. The van der Waals surface area contributed by atoms with Crippen LogP contribution in [0.4, 0.5) is 4.39 Å². The van der Waals surface area contributed by atoms with Crippen molar-refractivity contribution < 1.29 is 17.5 Å². The summed E-state index contributed by atoms with van der Waals surface area (Å²) in [6.45, 7) is 0.283. The molecule has 0 fully saturated rings. The Bertz CT molecular complexity index is 1600. The number of nitrogens with zero attached hydrogens (tertiary/aromatic N) is 4. The third kappa shape index (κ3) is 4.38. The van der Waals surface area contributed by atoms with Gasteiger partial charge in [0, 0.05) is 24.2 Å². The summed E-state index contributed by atoms with van der Waals surface area (Å²) in [6.07, 6.45) is 4.34. The van der Waals surface area contributed by atoms with Crippen molar-refractivity contribution in [3.05, 3.63) is 96.6 Å². The smallest absolute Gasteiger partial charge is 0.247 e. The van der Waals surface area contributed by atoms with Crippen molar-refractivity contribution in [2.75, 3.05) is 6.26 Å². The normalized spacial score (nSPS) is 11.6. The summed E-state index contributed by atoms with van der Waals surface area (Å²) < 4.78 is 45.0. The van der Waals surface area contributed by atoms with Crippen molar-refractivity contribution in [3.8, 4) is 28.4 Å². The average molecular weight is 475 g/mol. The van der Waals surface area contributed by atoms with E-state index >= 15 is 0 Å². The standard InChI is InChI=1S/C25H19FN4O3S/c1-34(31,32)25-27-13-12-21(28-25)24-23(29-22-7-2-3-14-30(22)24)18-5-4-6-20(15-18)33-16-17-8-10-19(26)11-9-17/h2-15H,16H2,1H3. The van der Waals surface area contributed by atoms with Gasteiger partial charge in [0.25, 0.3) is 0 Å². The molecular formula is C25H19FN4O3S.